The number of hydrogen-bond acceptors (Lipinski definition) is 5. The third-order valence-corrected chi connectivity index (χ3v) is 4.75. The van der Waals surface area contributed by atoms with Gasteiger partial charge in [0.1, 0.15) is 5.69 Å². The Morgan fingerprint density at radius 2 is 2.31 bits per heavy atom. The van der Waals surface area contributed by atoms with Crippen molar-refractivity contribution < 1.29 is 4.79 Å². The fraction of sp³-hybridized carbons (Fsp3) is 0.636. The van der Waals surface area contributed by atoms with Crippen molar-refractivity contribution >= 4 is 34.0 Å². The average Bonchev–Trinajstić information content (AvgIpc) is 2.64. The highest BCUT2D eigenvalue weighted by Crippen LogP contribution is 2.33. The number of carbonyl (C=O) groups is 1. The number of thiazole rings is 1. The summed E-state index contributed by atoms with van der Waals surface area (Å²) in [7, 11) is 0. The van der Waals surface area contributed by atoms with Crippen molar-refractivity contribution in [3.05, 3.63) is 11.1 Å². The van der Waals surface area contributed by atoms with Crippen LogP contribution in [-0.4, -0.2) is 34.4 Å². The molecular weight excluding hydrogens is 240 g/mol. The monoisotopic (exact) mass is 256 g/mol. The summed E-state index contributed by atoms with van der Waals surface area (Å²) in [6, 6.07) is 0. The topological polar surface area (TPSA) is 33.2 Å². The first-order valence-corrected chi connectivity index (χ1v) is 7.20. The van der Waals surface area contributed by atoms with Gasteiger partial charge in [-0.05, 0) is 13.8 Å². The van der Waals surface area contributed by atoms with Crippen LogP contribution in [0, 0.1) is 0 Å². The Morgan fingerprint density at radius 1 is 1.56 bits per heavy atom. The number of Topliss-reactive ketones (excluding diaryl/α,β-unsaturated/α-hetero) is 1. The Kier molecular flexibility index (Phi) is 3.26. The molecular formula is C11H16N2OS2. The maximum atomic E-state index is 11.2. The van der Waals surface area contributed by atoms with Gasteiger partial charge in [-0.2, -0.15) is 11.8 Å². The molecule has 0 N–H and O–H groups in total. The van der Waals surface area contributed by atoms with Gasteiger partial charge in [-0.15, -0.1) is 11.3 Å². The third-order valence-electron chi connectivity index (χ3n) is 2.55. The number of anilines is 1. The molecule has 0 bridgehead atoms. The van der Waals surface area contributed by atoms with E-state index in [1.165, 1.54) is 0 Å². The quantitative estimate of drug-likeness (QED) is 0.762. The molecule has 16 heavy (non-hydrogen) atoms. The van der Waals surface area contributed by atoms with E-state index in [1.54, 1.807) is 18.3 Å². The van der Waals surface area contributed by atoms with Gasteiger partial charge in [0.2, 0.25) is 0 Å². The van der Waals surface area contributed by atoms with E-state index in [0.717, 1.165) is 24.0 Å². The Hall–Kier alpha value is -0.550. The SMILES string of the molecule is CC(=O)c1csc(N2CCSC(C)(C)C2)n1. The summed E-state index contributed by atoms with van der Waals surface area (Å²) < 4.78 is 0.278. The van der Waals surface area contributed by atoms with Gasteiger partial charge in [0, 0.05) is 35.9 Å². The van der Waals surface area contributed by atoms with E-state index in [0.29, 0.717) is 5.69 Å². The summed E-state index contributed by atoms with van der Waals surface area (Å²) in [5.41, 5.74) is 0.594. The molecule has 1 fully saturated rings. The number of rotatable bonds is 2. The molecule has 0 saturated carbocycles. The van der Waals surface area contributed by atoms with Gasteiger partial charge < -0.3 is 4.90 Å². The fourth-order valence-electron chi connectivity index (χ4n) is 1.75. The lowest BCUT2D eigenvalue weighted by Gasteiger charge is -2.37. The number of aromatic nitrogens is 1. The van der Waals surface area contributed by atoms with Gasteiger partial charge in [0.15, 0.2) is 10.9 Å². The van der Waals surface area contributed by atoms with Crippen molar-refractivity contribution in [2.24, 2.45) is 0 Å². The van der Waals surface area contributed by atoms with E-state index in [9.17, 15) is 4.79 Å². The second kappa shape index (κ2) is 4.37. The van der Waals surface area contributed by atoms with E-state index >= 15 is 0 Å². The first kappa shape index (κ1) is 11.9. The summed E-state index contributed by atoms with van der Waals surface area (Å²) in [4.78, 5) is 17.9. The minimum atomic E-state index is 0.0492. The van der Waals surface area contributed by atoms with E-state index in [4.69, 9.17) is 0 Å². The van der Waals surface area contributed by atoms with Crippen LogP contribution in [0.25, 0.3) is 0 Å². The largest absolute Gasteiger partial charge is 0.346 e. The summed E-state index contributed by atoms with van der Waals surface area (Å²) >= 11 is 3.57. The highest BCUT2D eigenvalue weighted by Gasteiger charge is 2.28. The van der Waals surface area contributed by atoms with Crippen molar-refractivity contribution in [2.45, 2.75) is 25.5 Å². The van der Waals surface area contributed by atoms with Crippen LogP contribution in [0.2, 0.25) is 0 Å². The van der Waals surface area contributed by atoms with Crippen LogP contribution in [0.4, 0.5) is 5.13 Å². The molecule has 0 aromatic carbocycles. The highest BCUT2D eigenvalue weighted by atomic mass is 32.2. The van der Waals surface area contributed by atoms with E-state index < -0.39 is 0 Å². The Labute approximate surface area is 104 Å². The molecule has 1 aromatic heterocycles. The molecule has 0 radical (unpaired) electrons. The minimum absolute atomic E-state index is 0.0492. The lowest BCUT2D eigenvalue weighted by atomic mass is 10.2. The highest BCUT2D eigenvalue weighted by molar-refractivity contribution is 8.00. The Morgan fingerprint density at radius 3 is 2.88 bits per heavy atom. The average molecular weight is 256 g/mol. The molecule has 1 aliphatic rings. The van der Waals surface area contributed by atoms with Crippen LogP contribution >= 0.6 is 23.1 Å². The maximum absolute atomic E-state index is 11.2. The zero-order chi connectivity index (χ0) is 11.8. The normalized spacial score (nSPS) is 19.8. The van der Waals surface area contributed by atoms with Crippen LogP contribution in [-0.2, 0) is 0 Å². The van der Waals surface area contributed by atoms with Gasteiger partial charge in [0.25, 0.3) is 0 Å². The number of hydrogen-bond donors (Lipinski definition) is 0. The molecule has 88 valence electrons. The van der Waals surface area contributed by atoms with Gasteiger partial charge in [0.05, 0.1) is 0 Å². The predicted octanol–water partition coefficient (Wildman–Crippen LogP) is 2.68. The van der Waals surface area contributed by atoms with Crippen molar-refractivity contribution in [3.8, 4) is 0 Å². The van der Waals surface area contributed by atoms with E-state index in [1.807, 2.05) is 17.1 Å². The molecule has 2 rings (SSSR count). The van der Waals surface area contributed by atoms with E-state index in [2.05, 4.69) is 23.7 Å². The first-order chi connectivity index (χ1) is 7.48. The molecule has 0 aliphatic carbocycles. The molecule has 1 aliphatic heterocycles. The standard InChI is InChI=1S/C11H16N2OS2/c1-8(14)9-6-15-10(12-9)13-4-5-16-11(2,3)7-13/h6H,4-5,7H2,1-3H3. The lowest BCUT2D eigenvalue weighted by Crippen LogP contribution is -2.43. The molecule has 0 spiro atoms. The molecule has 1 saturated heterocycles. The van der Waals surface area contributed by atoms with Crippen LogP contribution in [0.15, 0.2) is 5.38 Å². The maximum Gasteiger partial charge on any atom is 0.186 e. The Bertz CT molecular complexity index is 400. The molecule has 1 aromatic rings. The first-order valence-electron chi connectivity index (χ1n) is 5.33. The Balaban J connectivity index is 2.14. The fourth-order valence-corrected chi connectivity index (χ4v) is 3.75. The smallest absolute Gasteiger partial charge is 0.186 e. The lowest BCUT2D eigenvalue weighted by molar-refractivity contribution is 0.101. The van der Waals surface area contributed by atoms with Crippen molar-refractivity contribution in [2.75, 3.05) is 23.7 Å². The minimum Gasteiger partial charge on any atom is -0.346 e. The molecule has 0 atom stereocenters. The van der Waals surface area contributed by atoms with Crippen LogP contribution < -0.4 is 4.90 Å². The third kappa shape index (κ3) is 2.58. The number of carbonyl (C=O) groups excluding carboxylic acids is 1. The van der Waals surface area contributed by atoms with Gasteiger partial charge in [-0.3, -0.25) is 4.79 Å². The van der Waals surface area contributed by atoms with Gasteiger partial charge in [-0.25, -0.2) is 4.98 Å². The zero-order valence-electron chi connectivity index (χ0n) is 9.82. The van der Waals surface area contributed by atoms with Gasteiger partial charge in [-0.1, -0.05) is 0 Å². The van der Waals surface area contributed by atoms with Crippen LogP contribution in [0.3, 0.4) is 0 Å². The molecule has 0 amide bonds. The second-order valence-electron chi connectivity index (χ2n) is 4.60. The molecule has 0 unspecified atom stereocenters. The molecule has 5 heteroatoms. The number of nitrogens with zero attached hydrogens (tertiary/aromatic N) is 2. The van der Waals surface area contributed by atoms with Crippen LogP contribution in [0.5, 0.6) is 0 Å². The van der Waals surface area contributed by atoms with Crippen molar-refractivity contribution in [1.82, 2.24) is 4.98 Å². The number of ketones is 1. The number of thioether (sulfide) groups is 1. The summed E-state index contributed by atoms with van der Waals surface area (Å²) in [5.74, 6) is 1.18. The second-order valence-corrected chi connectivity index (χ2v) is 7.24. The van der Waals surface area contributed by atoms with Crippen LogP contribution in [0.1, 0.15) is 31.3 Å². The van der Waals surface area contributed by atoms with Crippen molar-refractivity contribution in [1.29, 1.82) is 0 Å². The molecule has 2 heterocycles. The summed E-state index contributed by atoms with van der Waals surface area (Å²) in [6.45, 7) is 8.10. The zero-order valence-corrected chi connectivity index (χ0v) is 11.5. The van der Waals surface area contributed by atoms with Crippen molar-refractivity contribution in [3.63, 3.8) is 0 Å². The summed E-state index contributed by atoms with van der Waals surface area (Å²) in [5, 5.41) is 2.84. The van der Waals surface area contributed by atoms with E-state index in [-0.39, 0.29) is 10.5 Å². The predicted molar refractivity (Wildman–Crippen MR) is 70.9 cm³/mol. The van der Waals surface area contributed by atoms with Gasteiger partial charge >= 0.3 is 0 Å². The molecule has 3 nitrogen and oxygen atoms in total. The summed E-state index contributed by atoms with van der Waals surface area (Å²) in [6.07, 6.45) is 0.